The van der Waals surface area contributed by atoms with Crippen molar-refractivity contribution in [3.05, 3.63) is 33.9 Å². The van der Waals surface area contributed by atoms with Gasteiger partial charge in [0.2, 0.25) is 5.78 Å². The van der Waals surface area contributed by atoms with Crippen LogP contribution in [0.15, 0.2) is 23.8 Å². The second-order valence-corrected chi connectivity index (χ2v) is 13.9. The van der Waals surface area contributed by atoms with E-state index in [-0.39, 0.29) is 38.0 Å². The largest absolute Gasteiger partial charge is 0.457 e. The highest BCUT2D eigenvalue weighted by atomic mass is 19.1. The lowest BCUT2D eigenvalue weighted by molar-refractivity contribution is -0.757. The van der Waals surface area contributed by atoms with Crippen LogP contribution in [0.2, 0.25) is 0 Å². The molecule has 0 bridgehead atoms. The highest BCUT2D eigenvalue weighted by Gasteiger charge is 2.76. The van der Waals surface area contributed by atoms with Gasteiger partial charge in [-0.3, -0.25) is 19.3 Å². The second kappa shape index (κ2) is 12.1. The van der Waals surface area contributed by atoms with Crippen molar-refractivity contribution in [2.24, 2.45) is 28.6 Å². The molecule has 3 saturated carbocycles. The number of alkyl halides is 2. The monoisotopic (exact) mass is 639 g/mol. The number of ketones is 2. The number of carbonyl (C=O) groups excluding carboxylic acids is 3. The van der Waals surface area contributed by atoms with Crippen LogP contribution in [0.25, 0.3) is 0 Å². The molecule has 2 N–H and O–H groups in total. The molecular formula is C31H43F2N3O9. The Kier molecular flexibility index (Phi) is 9.01. The van der Waals surface area contributed by atoms with Crippen LogP contribution < -0.4 is 0 Å². The molecule has 2 unspecified atom stereocenters. The van der Waals surface area contributed by atoms with Crippen LogP contribution in [-0.4, -0.2) is 119 Å². The van der Waals surface area contributed by atoms with Crippen LogP contribution in [0, 0.1) is 38.7 Å². The molecule has 4 fully saturated rings. The van der Waals surface area contributed by atoms with E-state index < -0.39 is 81.4 Å². The lowest BCUT2D eigenvalue weighted by Crippen LogP contribution is -2.70. The number of hydrogen-bond donors (Lipinski definition) is 2. The molecule has 0 aromatic carbocycles. The van der Waals surface area contributed by atoms with Gasteiger partial charge in [0.05, 0.1) is 19.3 Å². The van der Waals surface area contributed by atoms with Gasteiger partial charge in [-0.1, -0.05) is 19.9 Å². The summed E-state index contributed by atoms with van der Waals surface area (Å²) in [6.45, 7) is 7.07. The quantitative estimate of drug-likeness (QED) is 0.155. The first-order valence-electron chi connectivity index (χ1n) is 15.7. The molecule has 0 amide bonds. The Labute approximate surface area is 260 Å². The van der Waals surface area contributed by atoms with Gasteiger partial charge in [0.1, 0.15) is 11.8 Å². The minimum atomic E-state index is -2.32. The zero-order valence-corrected chi connectivity index (χ0v) is 26.0. The normalized spacial score (nSPS) is 41.4. The Morgan fingerprint density at radius 2 is 1.82 bits per heavy atom. The van der Waals surface area contributed by atoms with Crippen molar-refractivity contribution >= 4 is 17.5 Å². The summed E-state index contributed by atoms with van der Waals surface area (Å²) in [5.41, 5.74) is -7.25. The van der Waals surface area contributed by atoms with Gasteiger partial charge in [0, 0.05) is 49.5 Å². The first-order valence-corrected chi connectivity index (χ1v) is 15.7. The number of aliphatic hydroxyl groups is 2. The molecule has 5 aliphatic rings. The summed E-state index contributed by atoms with van der Waals surface area (Å²) in [5.74, 6) is -4.19. The predicted molar refractivity (Wildman–Crippen MR) is 155 cm³/mol. The molecule has 0 aromatic rings. The molecule has 9 atom stereocenters. The SMILES string of the molecule is C[C@@H]1CC2C3C[C@H](F)C4=CC(=O)C=C[C@]4(C)[C@@]3(F)[C@@H](O)C[C@]2(C)[C@@]1(O)C(=O)COC(=O)CN1CCN(CCCO[N+](=O)[O-])CC1. The molecule has 5 rings (SSSR count). The zero-order chi connectivity index (χ0) is 32.9. The van der Waals surface area contributed by atoms with Crippen molar-refractivity contribution in [3.63, 3.8) is 0 Å². The summed E-state index contributed by atoms with van der Waals surface area (Å²) in [6.07, 6.45) is 0.529. The molecular weight excluding hydrogens is 596 g/mol. The van der Waals surface area contributed by atoms with E-state index in [0.29, 0.717) is 39.1 Å². The van der Waals surface area contributed by atoms with Gasteiger partial charge in [-0.2, -0.15) is 0 Å². The van der Waals surface area contributed by atoms with E-state index in [2.05, 4.69) is 9.74 Å². The highest BCUT2D eigenvalue weighted by molar-refractivity contribution is 6.01. The van der Waals surface area contributed by atoms with Gasteiger partial charge in [-0.05, 0) is 62.2 Å². The minimum absolute atomic E-state index is 0.00408. The Bertz CT molecular complexity index is 1290. The third-order valence-electron chi connectivity index (χ3n) is 11.6. The van der Waals surface area contributed by atoms with E-state index in [0.717, 1.165) is 6.08 Å². The van der Waals surface area contributed by atoms with Crippen LogP contribution in [-0.2, 0) is 24.0 Å². The maximum atomic E-state index is 17.3. The number of esters is 1. The van der Waals surface area contributed by atoms with Gasteiger partial charge >= 0.3 is 5.97 Å². The number of aliphatic hydroxyl groups excluding tert-OH is 1. The standard InChI is InChI=1S/C31H43F2N3O9/c1-19-13-21-22-15-24(32)23-14-20(37)5-6-28(23,2)30(22,33)25(38)16-29(21,3)31(19,41)26(39)18-44-27(40)17-35-10-8-34(9-11-35)7-4-12-45-36(42)43/h5-6,14,19,21-22,24-25,38,41H,4,7-13,15-18H2,1-3H3/t19-,21?,22?,24+,25+,28+,29+,30+,31+/m1/s1. The van der Waals surface area contributed by atoms with Gasteiger partial charge in [-0.15, -0.1) is 10.1 Å². The summed E-state index contributed by atoms with van der Waals surface area (Å²) in [5, 5.41) is 32.9. The Hall–Kier alpha value is -2.81. The molecule has 1 aliphatic heterocycles. The Morgan fingerprint density at radius 3 is 2.49 bits per heavy atom. The van der Waals surface area contributed by atoms with Gasteiger partial charge in [0.15, 0.2) is 18.1 Å². The van der Waals surface area contributed by atoms with Gasteiger partial charge < -0.3 is 24.7 Å². The average Bonchev–Trinajstić information content (AvgIpc) is 3.18. The molecule has 14 heteroatoms. The van der Waals surface area contributed by atoms with Crippen molar-refractivity contribution in [1.29, 1.82) is 0 Å². The van der Waals surface area contributed by atoms with Crippen LogP contribution >= 0.6 is 0 Å². The number of allylic oxidation sites excluding steroid dienone is 4. The molecule has 1 saturated heterocycles. The number of ether oxygens (including phenoxy) is 1. The first kappa shape index (κ1) is 33.6. The molecule has 4 aliphatic carbocycles. The molecule has 12 nitrogen and oxygen atoms in total. The van der Waals surface area contributed by atoms with Crippen LogP contribution in [0.3, 0.4) is 0 Å². The molecule has 250 valence electrons. The lowest BCUT2D eigenvalue weighted by Gasteiger charge is -2.63. The third kappa shape index (κ3) is 5.40. The van der Waals surface area contributed by atoms with E-state index in [4.69, 9.17) is 4.74 Å². The third-order valence-corrected chi connectivity index (χ3v) is 11.6. The van der Waals surface area contributed by atoms with Crippen molar-refractivity contribution in [3.8, 4) is 0 Å². The zero-order valence-electron chi connectivity index (χ0n) is 26.0. The molecule has 0 radical (unpaired) electrons. The molecule has 45 heavy (non-hydrogen) atoms. The summed E-state index contributed by atoms with van der Waals surface area (Å²) >= 11 is 0. The fourth-order valence-corrected chi connectivity index (χ4v) is 9.22. The first-order chi connectivity index (χ1) is 21.1. The minimum Gasteiger partial charge on any atom is -0.457 e. The predicted octanol–water partition coefficient (Wildman–Crippen LogP) is 1.61. The number of rotatable bonds is 10. The molecule has 1 heterocycles. The maximum Gasteiger partial charge on any atom is 0.320 e. The smallest absolute Gasteiger partial charge is 0.320 e. The van der Waals surface area contributed by atoms with Gasteiger partial charge in [0.25, 0.3) is 5.09 Å². The van der Waals surface area contributed by atoms with Crippen LogP contribution in [0.5, 0.6) is 0 Å². The number of piperazine rings is 1. The fourth-order valence-electron chi connectivity index (χ4n) is 9.22. The average molecular weight is 640 g/mol. The fraction of sp³-hybridized carbons (Fsp3) is 0.774. The van der Waals surface area contributed by atoms with E-state index in [9.17, 15) is 34.7 Å². The lowest BCUT2D eigenvalue weighted by atomic mass is 9.44. The van der Waals surface area contributed by atoms with E-state index >= 15 is 8.78 Å². The Morgan fingerprint density at radius 1 is 1.16 bits per heavy atom. The summed E-state index contributed by atoms with van der Waals surface area (Å²) in [7, 11) is 0. The maximum absolute atomic E-state index is 17.3. The van der Waals surface area contributed by atoms with Crippen LogP contribution in [0.1, 0.15) is 46.5 Å². The van der Waals surface area contributed by atoms with E-state index in [1.807, 2.05) is 4.90 Å². The van der Waals surface area contributed by atoms with Crippen molar-refractivity contribution in [2.45, 2.75) is 70.0 Å². The van der Waals surface area contributed by atoms with Crippen molar-refractivity contribution in [1.82, 2.24) is 9.80 Å². The van der Waals surface area contributed by atoms with Crippen LogP contribution in [0.4, 0.5) is 8.78 Å². The number of hydrogen-bond acceptors (Lipinski definition) is 11. The highest BCUT2D eigenvalue weighted by Crippen LogP contribution is 2.71. The molecule has 0 spiro atoms. The molecule has 0 aromatic heterocycles. The Balaban J connectivity index is 1.21. The number of carbonyl (C=O) groups is 3. The number of Topliss-reactive ketones (excluding diaryl/α,β-unsaturated/α-hetero) is 1. The summed E-state index contributed by atoms with van der Waals surface area (Å²) in [6, 6.07) is 0. The summed E-state index contributed by atoms with van der Waals surface area (Å²) < 4.78 is 38.3. The van der Waals surface area contributed by atoms with E-state index in [1.165, 1.54) is 19.1 Å². The number of halogens is 2. The second-order valence-electron chi connectivity index (χ2n) is 13.9. The van der Waals surface area contributed by atoms with Crippen molar-refractivity contribution in [2.75, 3.05) is 52.5 Å². The number of fused-ring (bicyclic) bond motifs is 5. The van der Waals surface area contributed by atoms with E-state index in [1.54, 1.807) is 13.8 Å². The summed E-state index contributed by atoms with van der Waals surface area (Å²) in [4.78, 5) is 57.0. The topological polar surface area (TPSA) is 160 Å². The van der Waals surface area contributed by atoms with Gasteiger partial charge in [-0.25, -0.2) is 8.78 Å². The van der Waals surface area contributed by atoms with Crippen molar-refractivity contribution < 1.29 is 48.0 Å². The number of nitrogens with zero attached hydrogens (tertiary/aromatic N) is 3.